The van der Waals surface area contributed by atoms with Gasteiger partial charge in [-0.3, -0.25) is 0 Å². The van der Waals surface area contributed by atoms with Gasteiger partial charge in [0.15, 0.2) is 0 Å². The first kappa shape index (κ1) is 12.1. The number of likely N-dealkylation sites (N-methyl/N-ethyl adjacent to an activating group) is 1. The van der Waals surface area contributed by atoms with E-state index in [1.165, 1.54) is 0 Å². The van der Waals surface area contributed by atoms with Crippen molar-refractivity contribution in [3.05, 3.63) is 35.1 Å². The molecule has 0 fully saturated rings. The van der Waals surface area contributed by atoms with Gasteiger partial charge in [-0.1, -0.05) is 19.1 Å². The molecule has 84 valence electrons. The Bertz CT molecular complexity index is 300. The Morgan fingerprint density at radius 2 is 1.93 bits per heavy atom. The van der Waals surface area contributed by atoms with Crippen molar-refractivity contribution in [3.8, 4) is 0 Å². The van der Waals surface area contributed by atoms with E-state index in [4.69, 9.17) is 0 Å². The quantitative estimate of drug-likeness (QED) is 0.700. The minimum absolute atomic E-state index is 0.124. The van der Waals surface area contributed by atoms with Crippen molar-refractivity contribution < 1.29 is 4.39 Å². The van der Waals surface area contributed by atoms with E-state index < -0.39 is 0 Å². The third kappa shape index (κ3) is 4.40. The van der Waals surface area contributed by atoms with Gasteiger partial charge in [-0.05, 0) is 30.7 Å². The van der Waals surface area contributed by atoms with Crippen molar-refractivity contribution in [3.63, 3.8) is 0 Å². The third-order valence-electron chi connectivity index (χ3n) is 2.29. The van der Waals surface area contributed by atoms with Gasteiger partial charge in [0.1, 0.15) is 5.82 Å². The van der Waals surface area contributed by atoms with Crippen molar-refractivity contribution in [2.24, 2.45) is 0 Å². The summed E-state index contributed by atoms with van der Waals surface area (Å²) in [6.07, 6.45) is 0. The van der Waals surface area contributed by atoms with Crippen LogP contribution < -0.4 is 10.6 Å². The summed E-state index contributed by atoms with van der Waals surface area (Å²) in [4.78, 5) is 0. The highest BCUT2D eigenvalue weighted by molar-refractivity contribution is 5.23. The topological polar surface area (TPSA) is 24.1 Å². The molecular formula is C12H19FN2. The van der Waals surface area contributed by atoms with E-state index in [1.807, 2.05) is 12.1 Å². The van der Waals surface area contributed by atoms with Gasteiger partial charge in [0.2, 0.25) is 0 Å². The van der Waals surface area contributed by atoms with Crippen molar-refractivity contribution >= 4 is 0 Å². The number of hydrogen-bond acceptors (Lipinski definition) is 2. The SMILES string of the molecule is CCNCCNCc1ccc(C)c(F)c1. The summed E-state index contributed by atoms with van der Waals surface area (Å²) in [7, 11) is 0. The van der Waals surface area contributed by atoms with Gasteiger partial charge in [0.05, 0.1) is 0 Å². The molecule has 1 aromatic carbocycles. The second kappa shape index (κ2) is 6.53. The number of halogens is 1. The third-order valence-corrected chi connectivity index (χ3v) is 2.29. The van der Waals surface area contributed by atoms with Crippen LogP contribution in [0.4, 0.5) is 4.39 Å². The summed E-state index contributed by atoms with van der Waals surface area (Å²) >= 11 is 0. The fourth-order valence-electron chi connectivity index (χ4n) is 1.33. The van der Waals surface area contributed by atoms with E-state index in [0.717, 1.165) is 31.7 Å². The van der Waals surface area contributed by atoms with Crippen LogP contribution in [0, 0.1) is 12.7 Å². The van der Waals surface area contributed by atoms with Gasteiger partial charge in [0, 0.05) is 19.6 Å². The number of aryl methyl sites for hydroxylation is 1. The van der Waals surface area contributed by atoms with Crippen LogP contribution in [0.3, 0.4) is 0 Å². The first-order valence-corrected chi connectivity index (χ1v) is 5.40. The molecular weight excluding hydrogens is 191 g/mol. The van der Waals surface area contributed by atoms with E-state index >= 15 is 0 Å². The fraction of sp³-hybridized carbons (Fsp3) is 0.500. The van der Waals surface area contributed by atoms with Crippen LogP contribution in [0.25, 0.3) is 0 Å². The highest BCUT2D eigenvalue weighted by Crippen LogP contribution is 2.08. The molecule has 0 saturated carbocycles. The summed E-state index contributed by atoms with van der Waals surface area (Å²) < 4.78 is 13.2. The molecule has 3 heteroatoms. The van der Waals surface area contributed by atoms with Gasteiger partial charge in [-0.2, -0.15) is 0 Å². The molecule has 0 unspecified atom stereocenters. The molecule has 0 heterocycles. The Morgan fingerprint density at radius 1 is 1.20 bits per heavy atom. The summed E-state index contributed by atoms with van der Waals surface area (Å²) in [5.74, 6) is -0.124. The first-order valence-electron chi connectivity index (χ1n) is 5.40. The van der Waals surface area contributed by atoms with E-state index in [1.54, 1.807) is 13.0 Å². The molecule has 0 saturated heterocycles. The van der Waals surface area contributed by atoms with Gasteiger partial charge >= 0.3 is 0 Å². The van der Waals surface area contributed by atoms with Crippen LogP contribution in [0.15, 0.2) is 18.2 Å². The van der Waals surface area contributed by atoms with E-state index in [9.17, 15) is 4.39 Å². The van der Waals surface area contributed by atoms with Crippen molar-refractivity contribution in [2.45, 2.75) is 20.4 Å². The Hall–Kier alpha value is -0.930. The number of nitrogens with one attached hydrogen (secondary N) is 2. The van der Waals surface area contributed by atoms with E-state index in [0.29, 0.717) is 5.56 Å². The van der Waals surface area contributed by atoms with Gasteiger partial charge in [0.25, 0.3) is 0 Å². The van der Waals surface area contributed by atoms with Crippen molar-refractivity contribution in [1.29, 1.82) is 0 Å². The lowest BCUT2D eigenvalue weighted by molar-refractivity contribution is 0.604. The zero-order chi connectivity index (χ0) is 11.1. The predicted octanol–water partition coefficient (Wildman–Crippen LogP) is 1.83. The van der Waals surface area contributed by atoms with Crippen molar-refractivity contribution in [2.75, 3.05) is 19.6 Å². The van der Waals surface area contributed by atoms with Gasteiger partial charge in [-0.25, -0.2) is 4.39 Å². The largest absolute Gasteiger partial charge is 0.316 e. The van der Waals surface area contributed by atoms with Crippen LogP contribution in [-0.2, 0) is 6.54 Å². The Labute approximate surface area is 90.9 Å². The van der Waals surface area contributed by atoms with Gasteiger partial charge < -0.3 is 10.6 Å². The molecule has 1 rings (SSSR count). The van der Waals surface area contributed by atoms with E-state index in [2.05, 4.69) is 17.6 Å². The first-order chi connectivity index (χ1) is 7.24. The lowest BCUT2D eigenvalue weighted by Gasteiger charge is -2.06. The maximum atomic E-state index is 13.2. The normalized spacial score (nSPS) is 10.6. The molecule has 0 atom stereocenters. The number of rotatable bonds is 6. The molecule has 0 aliphatic heterocycles. The molecule has 0 spiro atoms. The van der Waals surface area contributed by atoms with E-state index in [-0.39, 0.29) is 5.82 Å². The smallest absolute Gasteiger partial charge is 0.126 e. The molecule has 0 radical (unpaired) electrons. The molecule has 1 aromatic rings. The van der Waals surface area contributed by atoms with Crippen LogP contribution in [-0.4, -0.2) is 19.6 Å². The Balaban J connectivity index is 2.28. The minimum Gasteiger partial charge on any atom is -0.316 e. The molecule has 0 aliphatic carbocycles. The summed E-state index contributed by atoms with van der Waals surface area (Å²) in [6, 6.07) is 5.37. The molecule has 0 aliphatic rings. The maximum Gasteiger partial charge on any atom is 0.126 e. The number of benzene rings is 1. The van der Waals surface area contributed by atoms with Crippen molar-refractivity contribution in [1.82, 2.24) is 10.6 Å². The summed E-state index contributed by atoms with van der Waals surface area (Å²) in [5, 5.41) is 6.47. The lowest BCUT2D eigenvalue weighted by Crippen LogP contribution is -2.26. The van der Waals surface area contributed by atoms with Crippen LogP contribution in [0.5, 0.6) is 0 Å². The highest BCUT2D eigenvalue weighted by Gasteiger charge is 1.98. The minimum atomic E-state index is -0.124. The predicted molar refractivity (Wildman–Crippen MR) is 61.4 cm³/mol. The zero-order valence-corrected chi connectivity index (χ0v) is 9.44. The Kier molecular flexibility index (Phi) is 5.29. The standard InChI is InChI=1S/C12H19FN2/c1-3-14-6-7-15-9-11-5-4-10(2)12(13)8-11/h4-5,8,14-15H,3,6-7,9H2,1-2H3. The van der Waals surface area contributed by atoms with Crippen LogP contribution >= 0.6 is 0 Å². The fourth-order valence-corrected chi connectivity index (χ4v) is 1.33. The molecule has 2 N–H and O–H groups in total. The second-order valence-corrected chi connectivity index (χ2v) is 3.61. The molecule has 2 nitrogen and oxygen atoms in total. The van der Waals surface area contributed by atoms with Crippen LogP contribution in [0.2, 0.25) is 0 Å². The maximum absolute atomic E-state index is 13.2. The lowest BCUT2D eigenvalue weighted by atomic mass is 10.1. The average Bonchev–Trinajstić information content (AvgIpc) is 2.23. The molecule has 15 heavy (non-hydrogen) atoms. The molecule has 0 amide bonds. The van der Waals surface area contributed by atoms with Crippen LogP contribution in [0.1, 0.15) is 18.1 Å². The highest BCUT2D eigenvalue weighted by atomic mass is 19.1. The Morgan fingerprint density at radius 3 is 2.60 bits per heavy atom. The molecule has 0 bridgehead atoms. The summed E-state index contributed by atoms with van der Waals surface area (Å²) in [5.41, 5.74) is 1.70. The summed E-state index contributed by atoms with van der Waals surface area (Å²) in [6.45, 7) is 7.42. The second-order valence-electron chi connectivity index (χ2n) is 3.61. The number of hydrogen-bond donors (Lipinski definition) is 2. The van der Waals surface area contributed by atoms with Gasteiger partial charge in [-0.15, -0.1) is 0 Å². The average molecular weight is 210 g/mol. The molecule has 0 aromatic heterocycles. The monoisotopic (exact) mass is 210 g/mol. The zero-order valence-electron chi connectivity index (χ0n) is 9.44.